The Labute approximate surface area is 163 Å². The highest BCUT2D eigenvalue weighted by molar-refractivity contribution is 7.99. The van der Waals surface area contributed by atoms with Crippen molar-refractivity contribution in [2.75, 3.05) is 25.2 Å². The van der Waals surface area contributed by atoms with Gasteiger partial charge in [-0.15, -0.1) is 11.8 Å². The van der Waals surface area contributed by atoms with Gasteiger partial charge in [-0.3, -0.25) is 4.79 Å². The molecule has 0 spiro atoms. The maximum absolute atomic E-state index is 12.2. The zero-order chi connectivity index (χ0) is 19.3. The third kappa shape index (κ3) is 5.23. The molecular formula is C18H21ClN2O3S2. The van der Waals surface area contributed by atoms with Gasteiger partial charge in [-0.1, -0.05) is 29.8 Å². The Kier molecular flexibility index (Phi) is 7.11. The van der Waals surface area contributed by atoms with Crippen LogP contribution in [0.15, 0.2) is 52.3 Å². The average Bonchev–Trinajstić information content (AvgIpc) is 2.58. The molecule has 0 unspecified atom stereocenters. The molecule has 1 N–H and O–H groups in total. The minimum atomic E-state index is -3.55. The minimum absolute atomic E-state index is 0.147. The van der Waals surface area contributed by atoms with Crippen LogP contribution in [0.1, 0.15) is 12.0 Å². The van der Waals surface area contributed by atoms with Crippen molar-refractivity contribution >= 4 is 45.0 Å². The molecule has 0 atom stereocenters. The number of sulfonamides is 1. The third-order valence-electron chi connectivity index (χ3n) is 3.69. The molecule has 0 aromatic heterocycles. The topological polar surface area (TPSA) is 66.5 Å². The summed E-state index contributed by atoms with van der Waals surface area (Å²) in [5, 5.41) is 3.46. The van der Waals surface area contributed by atoms with E-state index < -0.39 is 10.0 Å². The lowest BCUT2D eigenvalue weighted by atomic mass is 10.2. The first kappa shape index (κ1) is 20.8. The van der Waals surface area contributed by atoms with Gasteiger partial charge in [0.25, 0.3) is 0 Å². The molecule has 0 bridgehead atoms. The number of amides is 1. The summed E-state index contributed by atoms with van der Waals surface area (Å²) in [4.78, 5) is 13.3. The molecule has 5 nitrogen and oxygen atoms in total. The molecule has 26 heavy (non-hydrogen) atoms. The average molecular weight is 413 g/mol. The molecule has 0 saturated carbocycles. The number of anilines is 1. The number of nitrogens with zero attached hydrogens (tertiary/aromatic N) is 1. The Hall–Kier alpha value is -1.54. The van der Waals surface area contributed by atoms with E-state index >= 15 is 0 Å². The summed E-state index contributed by atoms with van der Waals surface area (Å²) in [6, 6.07) is 12.2. The number of rotatable bonds is 7. The summed E-state index contributed by atoms with van der Waals surface area (Å²) in [5.74, 6) is 0.400. The van der Waals surface area contributed by atoms with Gasteiger partial charge in [-0.05, 0) is 36.8 Å². The molecule has 0 aliphatic carbocycles. The molecule has 0 aliphatic rings. The molecule has 0 fully saturated rings. The number of hydrogen-bond acceptors (Lipinski definition) is 4. The highest BCUT2D eigenvalue weighted by Crippen LogP contribution is 2.27. The first-order chi connectivity index (χ1) is 12.2. The Morgan fingerprint density at radius 2 is 1.88 bits per heavy atom. The van der Waals surface area contributed by atoms with Crippen molar-refractivity contribution in [1.29, 1.82) is 0 Å². The van der Waals surface area contributed by atoms with Crippen LogP contribution in [0, 0.1) is 6.92 Å². The third-order valence-corrected chi connectivity index (χ3v) is 7.01. The van der Waals surface area contributed by atoms with Crippen molar-refractivity contribution in [2.24, 2.45) is 0 Å². The number of hydrogen-bond donors (Lipinski definition) is 1. The van der Waals surface area contributed by atoms with E-state index in [1.54, 1.807) is 6.07 Å². The van der Waals surface area contributed by atoms with Gasteiger partial charge in [0.15, 0.2) is 0 Å². The van der Waals surface area contributed by atoms with Crippen molar-refractivity contribution in [1.82, 2.24) is 4.31 Å². The fraction of sp³-hybridized carbons (Fsp3) is 0.278. The van der Waals surface area contributed by atoms with Gasteiger partial charge in [-0.25, -0.2) is 12.7 Å². The number of aryl methyl sites for hydroxylation is 1. The number of halogens is 1. The van der Waals surface area contributed by atoms with Crippen LogP contribution in [0.3, 0.4) is 0 Å². The van der Waals surface area contributed by atoms with E-state index in [-0.39, 0.29) is 10.8 Å². The molecule has 2 aromatic carbocycles. The lowest BCUT2D eigenvalue weighted by molar-refractivity contribution is -0.115. The molecule has 2 rings (SSSR count). The highest BCUT2D eigenvalue weighted by atomic mass is 35.5. The van der Waals surface area contributed by atoms with Gasteiger partial charge >= 0.3 is 0 Å². The smallest absolute Gasteiger partial charge is 0.242 e. The van der Waals surface area contributed by atoms with Crippen LogP contribution in [0.25, 0.3) is 0 Å². The maximum atomic E-state index is 12.2. The molecule has 1 amide bonds. The van der Waals surface area contributed by atoms with Gasteiger partial charge in [0, 0.05) is 36.9 Å². The number of thioether (sulfide) groups is 1. The van der Waals surface area contributed by atoms with Crippen molar-refractivity contribution in [3.05, 3.63) is 53.1 Å². The number of nitrogens with one attached hydrogen (secondary N) is 1. The molecule has 0 heterocycles. The van der Waals surface area contributed by atoms with Crippen molar-refractivity contribution in [3.8, 4) is 0 Å². The van der Waals surface area contributed by atoms with Crippen LogP contribution in [0.5, 0.6) is 0 Å². The number of benzene rings is 2. The largest absolute Gasteiger partial charge is 0.326 e. The summed E-state index contributed by atoms with van der Waals surface area (Å²) in [7, 11) is -0.603. The molecule has 0 aliphatic heterocycles. The van der Waals surface area contributed by atoms with Crippen molar-refractivity contribution < 1.29 is 13.2 Å². The Morgan fingerprint density at radius 3 is 2.54 bits per heavy atom. The van der Waals surface area contributed by atoms with E-state index in [9.17, 15) is 13.2 Å². The normalized spacial score (nSPS) is 11.6. The van der Waals surface area contributed by atoms with Gasteiger partial charge in [0.2, 0.25) is 15.9 Å². The SMILES string of the molecule is Cc1ccc(S(=O)(=O)N(C)C)cc1NC(=O)CCSc1ccccc1Cl. The molecule has 0 radical (unpaired) electrons. The van der Waals surface area contributed by atoms with Crippen LogP contribution in [-0.2, 0) is 14.8 Å². The van der Waals surface area contributed by atoms with Crippen molar-refractivity contribution in [2.45, 2.75) is 23.1 Å². The van der Waals surface area contributed by atoms with Crippen LogP contribution < -0.4 is 5.32 Å². The second-order valence-corrected chi connectivity index (χ2v) is 9.54. The summed E-state index contributed by atoms with van der Waals surface area (Å²) in [5.41, 5.74) is 1.30. The van der Waals surface area contributed by atoms with Gasteiger partial charge in [0.1, 0.15) is 0 Å². The van der Waals surface area contributed by atoms with E-state index in [1.807, 2.05) is 31.2 Å². The summed E-state index contributed by atoms with van der Waals surface area (Å²) < 4.78 is 25.6. The quantitative estimate of drug-likeness (QED) is 0.697. The molecule has 2 aromatic rings. The minimum Gasteiger partial charge on any atom is -0.326 e. The first-order valence-electron chi connectivity index (χ1n) is 7.92. The molecule has 8 heteroatoms. The summed E-state index contributed by atoms with van der Waals surface area (Å²) in [6.07, 6.45) is 0.292. The van der Waals surface area contributed by atoms with Gasteiger partial charge in [-0.2, -0.15) is 0 Å². The predicted octanol–water partition coefficient (Wildman–Crippen LogP) is 4.02. The Balaban J connectivity index is 2.01. The van der Waals surface area contributed by atoms with Gasteiger partial charge < -0.3 is 5.32 Å². The monoisotopic (exact) mass is 412 g/mol. The number of carbonyl (C=O) groups excluding carboxylic acids is 1. The van der Waals surface area contributed by atoms with E-state index in [0.29, 0.717) is 22.9 Å². The van der Waals surface area contributed by atoms with E-state index in [1.165, 1.54) is 38.0 Å². The molecule has 0 saturated heterocycles. The standard InChI is InChI=1S/C18H21ClN2O3S2/c1-13-8-9-14(26(23,24)21(2)3)12-16(13)20-18(22)10-11-25-17-7-5-4-6-15(17)19/h4-9,12H,10-11H2,1-3H3,(H,20,22). The molecule has 140 valence electrons. The highest BCUT2D eigenvalue weighted by Gasteiger charge is 2.18. The van der Waals surface area contributed by atoms with Crippen molar-refractivity contribution in [3.63, 3.8) is 0 Å². The lowest BCUT2D eigenvalue weighted by Crippen LogP contribution is -2.22. The van der Waals surface area contributed by atoms with Crippen LogP contribution in [-0.4, -0.2) is 38.5 Å². The first-order valence-corrected chi connectivity index (χ1v) is 10.7. The zero-order valence-electron chi connectivity index (χ0n) is 14.8. The predicted molar refractivity (Wildman–Crippen MR) is 107 cm³/mol. The van der Waals surface area contributed by atoms with Crippen LogP contribution >= 0.6 is 23.4 Å². The Bertz CT molecular complexity index is 899. The Morgan fingerprint density at radius 1 is 1.19 bits per heavy atom. The van der Waals surface area contributed by atoms with E-state index in [0.717, 1.165) is 14.8 Å². The second-order valence-electron chi connectivity index (χ2n) is 5.84. The molecular weight excluding hydrogens is 392 g/mol. The lowest BCUT2D eigenvalue weighted by Gasteiger charge is -2.14. The zero-order valence-corrected chi connectivity index (χ0v) is 17.2. The van der Waals surface area contributed by atoms with Crippen LogP contribution in [0.2, 0.25) is 5.02 Å². The fourth-order valence-electron chi connectivity index (χ4n) is 2.14. The van der Waals surface area contributed by atoms with Crippen LogP contribution in [0.4, 0.5) is 5.69 Å². The maximum Gasteiger partial charge on any atom is 0.242 e. The summed E-state index contributed by atoms with van der Waals surface area (Å²) >= 11 is 7.60. The fourth-order valence-corrected chi connectivity index (χ4v) is 4.25. The van der Waals surface area contributed by atoms with E-state index in [4.69, 9.17) is 11.6 Å². The second kappa shape index (κ2) is 8.90. The van der Waals surface area contributed by atoms with Gasteiger partial charge in [0.05, 0.1) is 9.92 Å². The van der Waals surface area contributed by atoms with E-state index in [2.05, 4.69) is 5.32 Å². The number of carbonyl (C=O) groups is 1. The summed E-state index contributed by atoms with van der Waals surface area (Å²) in [6.45, 7) is 1.82.